The first-order chi connectivity index (χ1) is 5.34. The minimum absolute atomic E-state index is 1.59. The predicted octanol–water partition coefficient (Wildman–Crippen LogP) is -2.58. The van der Waals surface area contributed by atoms with Gasteiger partial charge in [-0.05, 0) is 0 Å². The minimum atomic E-state index is -2.78. The van der Waals surface area contributed by atoms with Gasteiger partial charge in [0.15, 0.2) is 6.29 Å². The van der Waals surface area contributed by atoms with Crippen LogP contribution in [0.5, 0.6) is 0 Å². The molecule has 5 nitrogen and oxygen atoms in total. The van der Waals surface area contributed by atoms with Crippen molar-refractivity contribution in [3.8, 4) is 0 Å². The van der Waals surface area contributed by atoms with Gasteiger partial charge in [0.1, 0.15) is 18.3 Å². The van der Waals surface area contributed by atoms with Crippen molar-refractivity contribution in [1.29, 1.82) is 0 Å². The quantitative estimate of drug-likeness (QED) is 0.331. The van der Waals surface area contributed by atoms with E-state index in [0.29, 0.717) is 0 Å². The molecule has 0 aromatic rings. The first-order valence-electron chi connectivity index (χ1n) is 3.76. The van der Waals surface area contributed by atoms with E-state index in [1.807, 2.05) is 0 Å². The van der Waals surface area contributed by atoms with Gasteiger partial charge in [0.2, 0.25) is 0 Å². The van der Waals surface area contributed by atoms with Crippen LogP contribution in [0.2, 0.25) is 0 Å². The topological polar surface area (TPSA) is 90.2 Å². The van der Waals surface area contributed by atoms with Crippen LogP contribution in [0.4, 0.5) is 0 Å². The van der Waals surface area contributed by atoms with E-state index in [9.17, 15) is 0 Å². The molecule has 10 heavy (non-hydrogen) atoms. The summed E-state index contributed by atoms with van der Waals surface area (Å²) < 4.78 is 17.9. The van der Waals surface area contributed by atoms with E-state index in [2.05, 4.69) is 4.74 Å². The lowest BCUT2D eigenvalue weighted by Crippen LogP contribution is -2.33. The van der Waals surface area contributed by atoms with Gasteiger partial charge in [0, 0.05) is 0 Å². The van der Waals surface area contributed by atoms with Gasteiger partial charge in [-0.2, -0.15) is 0 Å². The van der Waals surface area contributed by atoms with Gasteiger partial charge < -0.3 is 25.2 Å². The highest BCUT2D eigenvalue weighted by atomic mass is 16.6. The summed E-state index contributed by atoms with van der Waals surface area (Å²) in [6, 6.07) is 0. The number of rotatable bonds is 1. The van der Waals surface area contributed by atoms with Gasteiger partial charge in [-0.15, -0.1) is 0 Å². The molecule has 1 heterocycles. The fourth-order valence-electron chi connectivity index (χ4n) is 0.766. The maximum Gasteiger partial charge on any atom is 0.184 e. The minimum Gasteiger partial charge on any atom is -0.394 e. The van der Waals surface area contributed by atoms with Crippen LogP contribution in [0.25, 0.3) is 0 Å². The molecule has 0 bridgehead atoms. The van der Waals surface area contributed by atoms with Crippen molar-refractivity contribution in [3.63, 3.8) is 0 Å². The van der Waals surface area contributed by atoms with Crippen LogP contribution in [0.15, 0.2) is 0 Å². The third-order valence-electron chi connectivity index (χ3n) is 1.37. The second-order valence-corrected chi connectivity index (χ2v) is 2.06. The molecule has 4 atom stereocenters. The van der Waals surface area contributed by atoms with Crippen LogP contribution in [0.1, 0.15) is 2.74 Å². The van der Waals surface area contributed by atoms with Crippen LogP contribution < -0.4 is 0 Å². The number of aliphatic hydroxyl groups excluding tert-OH is 3. The standard InChI is InChI=1S/C5H10O5/c6-1-2-3(7)4(8)5(9)10-2/h2-9H,1H2/t2-,3+,4?,5?/m1/s1/i1D2. The number of hydrogen-bond donors (Lipinski definition) is 4. The molecule has 1 rings (SSSR count). The Kier molecular flexibility index (Phi) is 1.53. The Morgan fingerprint density at radius 3 is 2.10 bits per heavy atom. The number of hydrogen-bond acceptors (Lipinski definition) is 5. The Morgan fingerprint density at radius 1 is 1.30 bits per heavy atom. The highest BCUT2D eigenvalue weighted by Crippen LogP contribution is 2.18. The number of aliphatic hydroxyl groups is 4. The fraction of sp³-hybridized carbons (Fsp3) is 1.00. The monoisotopic (exact) mass is 152 g/mol. The average Bonchev–Trinajstić information content (AvgIpc) is 2.15. The van der Waals surface area contributed by atoms with Crippen molar-refractivity contribution >= 4 is 0 Å². The van der Waals surface area contributed by atoms with Crippen molar-refractivity contribution in [2.75, 3.05) is 6.56 Å². The van der Waals surface area contributed by atoms with E-state index < -0.39 is 31.2 Å². The van der Waals surface area contributed by atoms with Gasteiger partial charge in [-0.25, -0.2) is 0 Å². The van der Waals surface area contributed by atoms with Crippen LogP contribution >= 0.6 is 0 Å². The lowest BCUT2D eigenvalue weighted by molar-refractivity contribution is -0.132. The van der Waals surface area contributed by atoms with E-state index in [0.717, 1.165) is 0 Å². The average molecular weight is 152 g/mol. The van der Waals surface area contributed by atoms with Crippen LogP contribution in [-0.2, 0) is 4.74 Å². The molecule has 0 saturated carbocycles. The zero-order chi connectivity index (χ0) is 9.52. The second-order valence-electron chi connectivity index (χ2n) is 2.06. The molecule has 1 saturated heterocycles. The molecule has 0 radical (unpaired) electrons. The Hall–Kier alpha value is -0.200. The summed E-state index contributed by atoms with van der Waals surface area (Å²) in [6.07, 6.45) is -6.49. The third kappa shape index (κ3) is 1.14. The lowest BCUT2D eigenvalue weighted by atomic mass is 10.1. The first-order valence-corrected chi connectivity index (χ1v) is 2.76. The van der Waals surface area contributed by atoms with Gasteiger partial charge in [0.25, 0.3) is 0 Å². The van der Waals surface area contributed by atoms with E-state index in [4.69, 9.17) is 23.2 Å². The molecule has 0 aliphatic carbocycles. The zero-order valence-corrected chi connectivity index (χ0v) is 5.01. The summed E-state index contributed by atoms with van der Waals surface area (Å²) in [5, 5.41) is 35.5. The second kappa shape index (κ2) is 2.81. The highest BCUT2D eigenvalue weighted by molar-refractivity contribution is 4.84. The Balaban J connectivity index is 2.71. The molecule has 0 spiro atoms. The summed E-state index contributed by atoms with van der Waals surface area (Å²) in [5.74, 6) is 0. The van der Waals surface area contributed by atoms with E-state index in [1.54, 1.807) is 0 Å². The summed E-state index contributed by atoms with van der Waals surface area (Å²) in [7, 11) is 0. The molecule has 60 valence electrons. The molecule has 4 N–H and O–H groups in total. The predicted molar refractivity (Wildman–Crippen MR) is 30.0 cm³/mol. The molecule has 1 aliphatic heterocycles. The normalized spacial score (nSPS) is 52.4. The lowest BCUT2D eigenvalue weighted by Gasteiger charge is -2.09. The molecule has 0 aromatic heterocycles. The van der Waals surface area contributed by atoms with Crippen molar-refractivity contribution < 1.29 is 27.9 Å². The Bertz CT molecular complexity index is 170. The van der Waals surface area contributed by atoms with Crippen molar-refractivity contribution in [2.45, 2.75) is 24.6 Å². The van der Waals surface area contributed by atoms with Crippen LogP contribution in [0.3, 0.4) is 0 Å². The Labute approximate surface area is 60.3 Å². The number of ether oxygens (including phenoxy) is 1. The van der Waals surface area contributed by atoms with Crippen molar-refractivity contribution in [3.05, 3.63) is 0 Å². The largest absolute Gasteiger partial charge is 0.394 e. The van der Waals surface area contributed by atoms with Crippen molar-refractivity contribution in [1.82, 2.24) is 0 Å². The molecule has 0 aromatic carbocycles. The summed E-state index contributed by atoms with van der Waals surface area (Å²) in [6.45, 7) is -2.78. The van der Waals surface area contributed by atoms with Crippen molar-refractivity contribution in [2.24, 2.45) is 0 Å². The van der Waals surface area contributed by atoms with Gasteiger partial charge >= 0.3 is 0 Å². The molecule has 1 aliphatic rings. The molecular weight excluding hydrogens is 140 g/mol. The molecule has 2 unspecified atom stereocenters. The molecule has 5 heteroatoms. The summed E-state index contributed by atoms with van der Waals surface area (Å²) in [5.41, 5.74) is 0. The summed E-state index contributed by atoms with van der Waals surface area (Å²) >= 11 is 0. The van der Waals surface area contributed by atoms with Crippen LogP contribution in [-0.4, -0.2) is 51.6 Å². The smallest absolute Gasteiger partial charge is 0.184 e. The third-order valence-corrected chi connectivity index (χ3v) is 1.37. The summed E-state index contributed by atoms with van der Waals surface area (Å²) in [4.78, 5) is 0. The molecular formula is C5H10O5. The SMILES string of the molecule is [2H]C([2H])(O)[C@H]1OC(O)C(O)[C@H]1O. The molecule has 0 amide bonds. The van der Waals surface area contributed by atoms with E-state index in [1.165, 1.54) is 0 Å². The Morgan fingerprint density at radius 2 is 1.90 bits per heavy atom. The molecule has 1 fully saturated rings. The first kappa shape index (κ1) is 5.45. The van der Waals surface area contributed by atoms with Gasteiger partial charge in [-0.3, -0.25) is 0 Å². The zero-order valence-electron chi connectivity index (χ0n) is 7.01. The van der Waals surface area contributed by atoms with Crippen LogP contribution in [0, 0.1) is 0 Å². The highest BCUT2D eigenvalue weighted by Gasteiger charge is 2.41. The van der Waals surface area contributed by atoms with E-state index >= 15 is 0 Å². The van der Waals surface area contributed by atoms with Gasteiger partial charge in [-0.1, -0.05) is 0 Å². The fourth-order valence-corrected chi connectivity index (χ4v) is 0.766. The van der Waals surface area contributed by atoms with Gasteiger partial charge in [0.05, 0.1) is 9.30 Å². The maximum atomic E-state index is 9.03. The maximum absolute atomic E-state index is 9.03. The van der Waals surface area contributed by atoms with E-state index in [-0.39, 0.29) is 0 Å².